The summed E-state index contributed by atoms with van der Waals surface area (Å²) >= 11 is 4.91. The fraction of sp³-hybridized carbons (Fsp3) is 0.111. The molecule has 0 unspecified atom stereocenters. The van der Waals surface area contributed by atoms with Crippen LogP contribution < -0.4 is 4.74 Å². The molecule has 5 heteroatoms. The quantitative estimate of drug-likeness (QED) is 0.567. The van der Waals surface area contributed by atoms with Gasteiger partial charge in [0.25, 0.3) is 0 Å². The predicted octanol–water partition coefficient (Wildman–Crippen LogP) is 2.07. The Bertz CT molecular complexity index is 385. The first-order valence-corrected chi connectivity index (χ1v) is 4.02. The van der Waals surface area contributed by atoms with Crippen molar-refractivity contribution in [1.82, 2.24) is 0 Å². The summed E-state index contributed by atoms with van der Waals surface area (Å²) in [7, 11) is 1.51. The van der Waals surface area contributed by atoms with E-state index in [0.29, 0.717) is 16.9 Å². The molecule has 0 aliphatic carbocycles. The molecule has 0 heterocycles. The highest BCUT2D eigenvalue weighted by molar-refractivity contribution is 6.07. The number of methoxy groups -OCH3 is 1. The first kappa shape index (κ1) is 10.4. The molecule has 1 rings (SSSR count). The van der Waals surface area contributed by atoms with Crippen molar-refractivity contribution in [1.29, 1.82) is 5.26 Å². The summed E-state index contributed by atoms with van der Waals surface area (Å²) in [6, 6.07) is 6.95. The maximum atomic E-state index is 8.64. The maximum Gasteiger partial charge on any atom is 0.167 e. The summed E-state index contributed by atoms with van der Waals surface area (Å²) in [5.41, 5.74) is 1.21. The Balaban J connectivity index is 3.06. The van der Waals surface area contributed by atoms with Crippen LogP contribution in [-0.2, 0) is 4.39 Å². The molecule has 4 nitrogen and oxygen atoms in total. The second-order valence-corrected chi connectivity index (χ2v) is 2.51. The highest BCUT2D eigenvalue weighted by atomic mass is 35.5. The minimum atomic E-state index is 0.519. The van der Waals surface area contributed by atoms with Crippen molar-refractivity contribution in [3.05, 3.63) is 29.3 Å². The Morgan fingerprint density at radius 3 is 2.93 bits per heavy atom. The van der Waals surface area contributed by atoms with E-state index in [1.54, 1.807) is 18.2 Å². The molecule has 0 spiro atoms. The van der Waals surface area contributed by atoms with Gasteiger partial charge in [-0.1, -0.05) is 5.16 Å². The molecule has 72 valence electrons. The van der Waals surface area contributed by atoms with E-state index in [-0.39, 0.29) is 0 Å². The van der Waals surface area contributed by atoms with E-state index in [4.69, 9.17) is 21.9 Å². The van der Waals surface area contributed by atoms with Crippen molar-refractivity contribution in [2.24, 2.45) is 5.16 Å². The molecule has 0 aliphatic heterocycles. The number of benzene rings is 1. The van der Waals surface area contributed by atoms with Crippen LogP contribution >= 0.6 is 11.9 Å². The zero-order valence-corrected chi connectivity index (χ0v) is 8.15. The Hall–Kier alpha value is -1.73. The van der Waals surface area contributed by atoms with Crippen LogP contribution in [0.3, 0.4) is 0 Å². The summed E-state index contributed by atoms with van der Waals surface area (Å²) < 4.78 is 9.07. The number of nitriles is 1. The van der Waals surface area contributed by atoms with Crippen molar-refractivity contribution in [3.8, 4) is 11.8 Å². The monoisotopic (exact) mass is 210 g/mol. The Kier molecular flexibility index (Phi) is 3.77. The van der Waals surface area contributed by atoms with Crippen molar-refractivity contribution in [3.63, 3.8) is 0 Å². The second-order valence-electron chi connectivity index (χ2n) is 2.37. The third kappa shape index (κ3) is 2.38. The number of ether oxygens (including phenoxy) is 1. The SMILES string of the molecule is COc1cc(C#N)ccc1C=NOCl. The lowest BCUT2D eigenvalue weighted by molar-refractivity contribution is 0.382. The highest BCUT2D eigenvalue weighted by Gasteiger charge is 2.01. The van der Waals surface area contributed by atoms with Gasteiger partial charge < -0.3 is 4.74 Å². The second kappa shape index (κ2) is 5.10. The van der Waals surface area contributed by atoms with Gasteiger partial charge in [-0.05, 0) is 18.2 Å². The first-order valence-electron chi connectivity index (χ1n) is 3.71. The lowest BCUT2D eigenvalue weighted by Crippen LogP contribution is -1.91. The third-order valence-corrected chi connectivity index (χ3v) is 1.67. The predicted molar refractivity (Wildman–Crippen MR) is 52.2 cm³/mol. The number of hydrogen-bond donors (Lipinski definition) is 0. The van der Waals surface area contributed by atoms with E-state index in [9.17, 15) is 0 Å². The molecule has 0 fully saturated rings. The van der Waals surface area contributed by atoms with E-state index in [2.05, 4.69) is 9.55 Å². The van der Waals surface area contributed by atoms with Gasteiger partial charge in [0.05, 0.1) is 25.0 Å². The van der Waals surface area contributed by atoms with Crippen molar-refractivity contribution in [2.75, 3.05) is 7.11 Å². The number of rotatable bonds is 3. The number of halogens is 1. The lowest BCUT2D eigenvalue weighted by Gasteiger charge is -2.03. The van der Waals surface area contributed by atoms with Gasteiger partial charge in [-0.3, -0.25) is 4.39 Å². The van der Waals surface area contributed by atoms with Gasteiger partial charge in [0, 0.05) is 5.56 Å². The summed E-state index contributed by atoms with van der Waals surface area (Å²) in [6.45, 7) is 0. The van der Waals surface area contributed by atoms with E-state index in [0.717, 1.165) is 0 Å². The minimum absolute atomic E-state index is 0.519. The van der Waals surface area contributed by atoms with Crippen LogP contribution in [0, 0.1) is 11.3 Å². The average molecular weight is 211 g/mol. The summed E-state index contributed by atoms with van der Waals surface area (Å²) in [4.78, 5) is 0. The maximum absolute atomic E-state index is 8.64. The normalized spacial score (nSPS) is 9.79. The van der Waals surface area contributed by atoms with E-state index >= 15 is 0 Å². The number of nitrogens with zero attached hydrogens (tertiary/aromatic N) is 2. The van der Waals surface area contributed by atoms with Crippen LogP contribution in [0.25, 0.3) is 0 Å². The number of hydrogen-bond acceptors (Lipinski definition) is 4. The molecule has 1 aromatic rings. The molecule has 0 radical (unpaired) electrons. The zero-order chi connectivity index (χ0) is 10.4. The summed E-state index contributed by atoms with van der Waals surface area (Å²) in [5, 5.41) is 12.0. The molecule has 0 saturated heterocycles. The molecule has 0 aromatic heterocycles. The molecule has 0 N–H and O–H groups in total. The molecule has 1 aromatic carbocycles. The molecule has 0 atom stereocenters. The van der Waals surface area contributed by atoms with Gasteiger partial charge in [0.1, 0.15) is 5.75 Å². The van der Waals surface area contributed by atoms with Crippen LogP contribution in [0.2, 0.25) is 0 Å². The largest absolute Gasteiger partial charge is 0.496 e. The standard InChI is InChI=1S/C9H7ClN2O2/c1-13-9-4-7(5-11)2-3-8(9)6-12-14-10/h2-4,6H,1H3. The minimum Gasteiger partial charge on any atom is -0.496 e. The highest BCUT2D eigenvalue weighted by Crippen LogP contribution is 2.18. The van der Waals surface area contributed by atoms with Crippen LogP contribution in [-0.4, -0.2) is 13.3 Å². The van der Waals surface area contributed by atoms with Crippen LogP contribution in [0.4, 0.5) is 0 Å². The Morgan fingerprint density at radius 2 is 2.36 bits per heavy atom. The average Bonchev–Trinajstić information content (AvgIpc) is 2.26. The van der Waals surface area contributed by atoms with E-state index < -0.39 is 0 Å². The fourth-order valence-electron chi connectivity index (χ4n) is 0.964. The smallest absolute Gasteiger partial charge is 0.167 e. The topological polar surface area (TPSA) is 54.6 Å². The van der Waals surface area contributed by atoms with Crippen LogP contribution in [0.5, 0.6) is 5.75 Å². The first-order chi connectivity index (χ1) is 6.81. The fourth-order valence-corrected chi connectivity index (χ4v) is 1.00. The summed E-state index contributed by atoms with van der Waals surface area (Å²) in [6.07, 6.45) is 1.40. The van der Waals surface area contributed by atoms with Crippen LogP contribution in [0.15, 0.2) is 23.4 Å². The van der Waals surface area contributed by atoms with Crippen molar-refractivity contribution >= 4 is 18.1 Å². The van der Waals surface area contributed by atoms with Gasteiger partial charge in [0.2, 0.25) is 0 Å². The Morgan fingerprint density at radius 1 is 1.57 bits per heavy atom. The molecule has 0 bridgehead atoms. The molecule has 0 saturated carbocycles. The van der Waals surface area contributed by atoms with E-state index in [1.165, 1.54) is 13.3 Å². The van der Waals surface area contributed by atoms with Gasteiger partial charge in [-0.2, -0.15) is 5.26 Å². The number of oxime groups is 1. The van der Waals surface area contributed by atoms with Gasteiger partial charge in [0.15, 0.2) is 11.9 Å². The molecule has 0 amide bonds. The van der Waals surface area contributed by atoms with Gasteiger partial charge >= 0.3 is 0 Å². The van der Waals surface area contributed by atoms with E-state index in [1.807, 2.05) is 6.07 Å². The third-order valence-electron chi connectivity index (χ3n) is 1.59. The van der Waals surface area contributed by atoms with Crippen LogP contribution in [0.1, 0.15) is 11.1 Å². The van der Waals surface area contributed by atoms with Gasteiger partial charge in [-0.15, -0.1) is 0 Å². The van der Waals surface area contributed by atoms with Gasteiger partial charge in [-0.25, -0.2) is 0 Å². The summed E-state index contributed by atoms with van der Waals surface area (Å²) in [5.74, 6) is 0.543. The molecule has 14 heavy (non-hydrogen) atoms. The molecular formula is C9H7ClN2O2. The molecule has 0 aliphatic rings. The molecular weight excluding hydrogens is 204 g/mol. The van der Waals surface area contributed by atoms with Crippen molar-refractivity contribution in [2.45, 2.75) is 0 Å². The van der Waals surface area contributed by atoms with Crippen molar-refractivity contribution < 1.29 is 9.13 Å². The Labute approximate surface area is 86.5 Å². The zero-order valence-electron chi connectivity index (χ0n) is 7.40. The lowest BCUT2D eigenvalue weighted by atomic mass is 10.1.